The third-order valence-electron chi connectivity index (χ3n) is 2.19. The minimum Gasteiger partial charge on any atom is -0.327 e. The van der Waals surface area contributed by atoms with Crippen molar-refractivity contribution < 1.29 is 4.39 Å². The van der Waals surface area contributed by atoms with E-state index in [4.69, 9.17) is 5.73 Å². The van der Waals surface area contributed by atoms with Crippen LogP contribution in [-0.4, -0.2) is 17.5 Å². The fourth-order valence-electron chi connectivity index (χ4n) is 1.43. The van der Waals surface area contributed by atoms with Crippen LogP contribution in [-0.2, 0) is 6.42 Å². The van der Waals surface area contributed by atoms with Crippen LogP contribution in [0.1, 0.15) is 18.9 Å². The van der Waals surface area contributed by atoms with Crippen molar-refractivity contribution in [1.82, 2.24) is 0 Å². The molecule has 0 saturated carbocycles. The summed E-state index contributed by atoms with van der Waals surface area (Å²) >= 11 is 5.11. The summed E-state index contributed by atoms with van der Waals surface area (Å²) in [6.45, 7) is 2.15. The molecule has 4 heteroatoms. The first kappa shape index (κ1) is 14.0. The van der Waals surface area contributed by atoms with Gasteiger partial charge in [-0.2, -0.15) is 11.8 Å². The van der Waals surface area contributed by atoms with E-state index in [9.17, 15) is 4.39 Å². The topological polar surface area (TPSA) is 26.0 Å². The molecule has 0 saturated heterocycles. The van der Waals surface area contributed by atoms with E-state index in [-0.39, 0.29) is 11.9 Å². The highest BCUT2D eigenvalue weighted by atomic mass is 79.9. The Labute approximate surface area is 109 Å². The molecule has 0 amide bonds. The molecular formula is C12H17BrFNS. The number of hydrogen-bond acceptors (Lipinski definition) is 2. The molecule has 90 valence electrons. The van der Waals surface area contributed by atoms with Crippen molar-refractivity contribution in [2.75, 3.05) is 11.5 Å². The Morgan fingerprint density at radius 1 is 1.50 bits per heavy atom. The van der Waals surface area contributed by atoms with Crippen LogP contribution in [0, 0.1) is 5.82 Å². The smallest absolute Gasteiger partial charge is 0.137 e. The molecule has 1 nitrogen and oxygen atoms in total. The first-order chi connectivity index (χ1) is 7.65. The molecule has 0 heterocycles. The summed E-state index contributed by atoms with van der Waals surface area (Å²) < 4.78 is 13.8. The zero-order valence-corrected chi connectivity index (χ0v) is 11.8. The van der Waals surface area contributed by atoms with E-state index in [1.165, 1.54) is 12.5 Å². The largest absolute Gasteiger partial charge is 0.327 e. The summed E-state index contributed by atoms with van der Waals surface area (Å²) in [7, 11) is 0. The van der Waals surface area contributed by atoms with Crippen molar-refractivity contribution >= 4 is 27.7 Å². The number of thioether (sulfide) groups is 1. The van der Waals surface area contributed by atoms with Gasteiger partial charge in [0.15, 0.2) is 0 Å². The summed E-state index contributed by atoms with van der Waals surface area (Å²) in [5.41, 5.74) is 6.95. The fourth-order valence-corrected chi connectivity index (χ4v) is 2.73. The average molecular weight is 306 g/mol. The third-order valence-corrected chi connectivity index (χ3v) is 4.44. The van der Waals surface area contributed by atoms with Gasteiger partial charge in [0.05, 0.1) is 4.47 Å². The third kappa shape index (κ3) is 4.44. The van der Waals surface area contributed by atoms with E-state index in [1.807, 2.05) is 17.8 Å². The minimum absolute atomic E-state index is 0.0923. The molecule has 1 rings (SSSR count). The Bertz CT molecular complexity index is 333. The van der Waals surface area contributed by atoms with Gasteiger partial charge in [0.2, 0.25) is 0 Å². The Balaban J connectivity index is 2.49. The zero-order chi connectivity index (χ0) is 12.0. The van der Waals surface area contributed by atoms with Gasteiger partial charge in [-0.05, 0) is 46.2 Å². The van der Waals surface area contributed by atoms with E-state index in [2.05, 4.69) is 22.9 Å². The lowest BCUT2D eigenvalue weighted by Gasteiger charge is -2.12. The predicted octanol–water partition coefficient (Wildman–Crippen LogP) is 3.60. The van der Waals surface area contributed by atoms with Crippen LogP contribution in [0.4, 0.5) is 4.39 Å². The standard InChI is InChI=1S/C12H17BrFNS/c1-2-6-16-8-10(15)7-9-4-3-5-11(14)12(9)13/h3-5,10H,2,6-8,15H2,1H3. The number of nitrogens with two attached hydrogens (primary N) is 1. The number of benzene rings is 1. The van der Waals surface area contributed by atoms with Gasteiger partial charge in [-0.1, -0.05) is 19.1 Å². The molecule has 0 aliphatic heterocycles. The number of rotatable bonds is 6. The lowest BCUT2D eigenvalue weighted by Crippen LogP contribution is -2.26. The van der Waals surface area contributed by atoms with Crippen LogP contribution >= 0.6 is 27.7 Å². The SMILES string of the molecule is CCCSCC(N)Cc1cccc(F)c1Br. The van der Waals surface area contributed by atoms with Crippen LogP contribution in [0.3, 0.4) is 0 Å². The minimum atomic E-state index is -0.217. The monoisotopic (exact) mass is 305 g/mol. The molecule has 0 aromatic heterocycles. The number of halogens is 2. The second-order valence-electron chi connectivity index (χ2n) is 3.75. The van der Waals surface area contributed by atoms with Gasteiger partial charge in [0, 0.05) is 11.8 Å². The molecule has 0 aliphatic carbocycles. The van der Waals surface area contributed by atoms with Crippen molar-refractivity contribution in [3.05, 3.63) is 34.1 Å². The second-order valence-corrected chi connectivity index (χ2v) is 5.69. The quantitative estimate of drug-likeness (QED) is 0.813. The van der Waals surface area contributed by atoms with Gasteiger partial charge < -0.3 is 5.73 Å². The van der Waals surface area contributed by atoms with Crippen molar-refractivity contribution in [2.24, 2.45) is 5.73 Å². The van der Waals surface area contributed by atoms with Gasteiger partial charge in [-0.25, -0.2) is 4.39 Å². The molecule has 1 aromatic rings. The van der Waals surface area contributed by atoms with Gasteiger partial charge in [-0.15, -0.1) is 0 Å². The van der Waals surface area contributed by atoms with Crippen LogP contribution in [0.5, 0.6) is 0 Å². The van der Waals surface area contributed by atoms with Crippen molar-refractivity contribution in [3.8, 4) is 0 Å². The Kier molecular flexibility index (Phi) is 6.39. The normalized spacial score (nSPS) is 12.8. The maximum atomic E-state index is 13.2. The van der Waals surface area contributed by atoms with Gasteiger partial charge in [0.1, 0.15) is 5.82 Å². The average Bonchev–Trinajstić information content (AvgIpc) is 2.25. The molecule has 16 heavy (non-hydrogen) atoms. The highest BCUT2D eigenvalue weighted by Gasteiger charge is 2.09. The molecule has 0 bridgehead atoms. The maximum Gasteiger partial charge on any atom is 0.137 e. The molecular weight excluding hydrogens is 289 g/mol. The highest BCUT2D eigenvalue weighted by molar-refractivity contribution is 9.10. The van der Waals surface area contributed by atoms with Crippen molar-refractivity contribution in [3.63, 3.8) is 0 Å². The van der Waals surface area contributed by atoms with E-state index in [1.54, 1.807) is 6.07 Å². The summed E-state index contributed by atoms with van der Waals surface area (Å²) in [5.74, 6) is 1.85. The second kappa shape index (κ2) is 7.30. The van der Waals surface area contributed by atoms with Crippen LogP contribution in [0.15, 0.2) is 22.7 Å². The Hall–Kier alpha value is -0.0600. The molecule has 0 radical (unpaired) electrons. The zero-order valence-electron chi connectivity index (χ0n) is 9.38. The summed E-state index contributed by atoms with van der Waals surface area (Å²) in [5, 5.41) is 0. The van der Waals surface area contributed by atoms with Crippen LogP contribution in [0.2, 0.25) is 0 Å². The molecule has 0 spiro atoms. The van der Waals surface area contributed by atoms with Crippen molar-refractivity contribution in [1.29, 1.82) is 0 Å². The molecule has 0 fully saturated rings. The number of hydrogen-bond donors (Lipinski definition) is 1. The van der Waals surface area contributed by atoms with E-state index >= 15 is 0 Å². The highest BCUT2D eigenvalue weighted by Crippen LogP contribution is 2.22. The summed E-state index contributed by atoms with van der Waals surface area (Å²) in [4.78, 5) is 0. The molecule has 1 unspecified atom stereocenters. The van der Waals surface area contributed by atoms with E-state index in [0.29, 0.717) is 4.47 Å². The molecule has 1 atom stereocenters. The van der Waals surface area contributed by atoms with Gasteiger partial charge >= 0.3 is 0 Å². The van der Waals surface area contributed by atoms with Gasteiger partial charge in [0.25, 0.3) is 0 Å². The Morgan fingerprint density at radius 2 is 2.25 bits per heavy atom. The van der Waals surface area contributed by atoms with E-state index < -0.39 is 0 Å². The van der Waals surface area contributed by atoms with E-state index in [0.717, 1.165) is 23.5 Å². The lowest BCUT2D eigenvalue weighted by molar-refractivity contribution is 0.615. The first-order valence-corrected chi connectivity index (χ1v) is 7.36. The molecule has 0 aliphatic rings. The Morgan fingerprint density at radius 3 is 2.94 bits per heavy atom. The predicted molar refractivity (Wildman–Crippen MR) is 73.4 cm³/mol. The van der Waals surface area contributed by atoms with Crippen molar-refractivity contribution in [2.45, 2.75) is 25.8 Å². The van der Waals surface area contributed by atoms with Crippen LogP contribution in [0.25, 0.3) is 0 Å². The van der Waals surface area contributed by atoms with Crippen LogP contribution < -0.4 is 5.73 Å². The first-order valence-electron chi connectivity index (χ1n) is 5.41. The molecule has 1 aromatic carbocycles. The molecule has 2 N–H and O–H groups in total. The van der Waals surface area contributed by atoms with Gasteiger partial charge in [-0.3, -0.25) is 0 Å². The fraction of sp³-hybridized carbons (Fsp3) is 0.500. The summed E-state index contributed by atoms with van der Waals surface area (Å²) in [6.07, 6.45) is 1.89. The summed E-state index contributed by atoms with van der Waals surface area (Å²) in [6, 6.07) is 5.18. The lowest BCUT2D eigenvalue weighted by atomic mass is 10.1. The maximum absolute atomic E-state index is 13.2.